The van der Waals surface area contributed by atoms with E-state index in [1.165, 1.54) is 6.92 Å². The molecule has 5 nitrogen and oxygen atoms in total. The zero-order valence-electron chi connectivity index (χ0n) is 9.70. The van der Waals surface area contributed by atoms with Crippen molar-refractivity contribution in [2.24, 2.45) is 5.73 Å². The molecule has 0 aromatic rings. The molecule has 0 aliphatic rings. The van der Waals surface area contributed by atoms with Crippen LogP contribution in [0.3, 0.4) is 0 Å². The van der Waals surface area contributed by atoms with Crippen molar-refractivity contribution < 1.29 is 19.1 Å². The molecule has 0 fully saturated rings. The van der Waals surface area contributed by atoms with Crippen molar-refractivity contribution in [3.63, 3.8) is 0 Å². The molecule has 1 atom stereocenters. The van der Waals surface area contributed by atoms with E-state index < -0.39 is 17.6 Å². The van der Waals surface area contributed by atoms with Gasteiger partial charge in [-0.1, -0.05) is 0 Å². The molecule has 0 bridgehead atoms. The molecule has 0 aliphatic carbocycles. The van der Waals surface area contributed by atoms with Gasteiger partial charge in [-0.25, -0.2) is 0 Å². The number of rotatable bonds is 4. The van der Waals surface area contributed by atoms with E-state index in [2.05, 4.69) is 4.74 Å². The zero-order valence-corrected chi connectivity index (χ0v) is 9.70. The fourth-order valence-corrected chi connectivity index (χ4v) is 0.825. The summed E-state index contributed by atoms with van der Waals surface area (Å²) in [5.41, 5.74) is 5.00. The minimum Gasteiger partial charge on any atom is -0.466 e. The van der Waals surface area contributed by atoms with Gasteiger partial charge in [0.1, 0.15) is 11.6 Å². The molecule has 0 spiro atoms. The Balaban J connectivity index is 3.85. The zero-order chi connectivity index (χ0) is 12.1. The molecule has 5 heteroatoms. The SMILES string of the molecule is CC(=O)OCC[C@H](N)C(=O)OC(C)(C)C. The van der Waals surface area contributed by atoms with Crippen molar-refractivity contribution >= 4 is 11.9 Å². The number of hydrogen-bond acceptors (Lipinski definition) is 5. The first-order valence-electron chi connectivity index (χ1n) is 4.84. The Kier molecular flexibility index (Phi) is 5.28. The first-order chi connectivity index (χ1) is 6.72. The van der Waals surface area contributed by atoms with Crippen molar-refractivity contribution in [1.82, 2.24) is 0 Å². The van der Waals surface area contributed by atoms with E-state index in [1.54, 1.807) is 20.8 Å². The summed E-state index contributed by atoms with van der Waals surface area (Å²) < 4.78 is 9.72. The van der Waals surface area contributed by atoms with Gasteiger partial charge in [0.2, 0.25) is 0 Å². The van der Waals surface area contributed by atoms with Gasteiger partial charge in [-0.15, -0.1) is 0 Å². The van der Waals surface area contributed by atoms with Crippen molar-refractivity contribution in [3.05, 3.63) is 0 Å². The van der Waals surface area contributed by atoms with Crippen LogP contribution < -0.4 is 5.73 Å². The van der Waals surface area contributed by atoms with Crippen LogP contribution in [0.25, 0.3) is 0 Å². The molecule has 0 amide bonds. The molecule has 0 aromatic heterocycles. The van der Waals surface area contributed by atoms with E-state index in [1.807, 2.05) is 0 Å². The molecule has 0 saturated carbocycles. The summed E-state index contributed by atoms with van der Waals surface area (Å²) in [6, 6.07) is -0.747. The predicted octanol–water partition coefficient (Wildman–Crippen LogP) is 0.609. The third kappa shape index (κ3) is 7.93. The molecule has 2 N–H and O–H groups in total. The Labute approximate surface area is 89.9 Å². The van der Waals surface area contributed by atoms with E-state index in [-0.39, 0.29) is 19.0 Å². The lowest BCUT2D eigenvalue weighted by molar-refractivity contribution is -0.157. The summed E-state index contributed by atoms with van der Waals surface area (Å²) in [6.45, 7) is 6.74. The maximum atomic E-state index is 11.3. The lowest BCUT2D eigenvalue weighted by Gasteiger charge is -2.22. The van der Waals surface area contributed by atoms with Gasteiger partial charge in [0.05, 0.1) is 6.61 Å². The first kappa shape index (κ1) is 13.9. The third-order valence-corrected chi connectivity index (χ3v) is 1.44. The highest BCUT2D eigenvalue weighted by Gasteiger charge is 2.21. The second kappa shape index (κ2) is 5.70. The average molecular weight is 217 g/mol. The Morgan fingerprint density at radius 2 is 1.87 bits per heavy atom. The van der Waals surface area contributed by atoms with Crippen molar-refractivity contribution in [2.75, 3.05) is 6.61 Å². The van der Waals surface area contributed by atoms with Crippen LogP contribution in [0.4, 0.5) is 0 Å². The third-order valence-electron chi connectivity index (χ3n) is 1.44. The quantitative estimate of drug-likeness (QED) is 0.698. The number of carbonyl (C=O) groups excluding carboxylic acids is 2. The van der Waals surface area contributed by atoms with Gasteiger partial charge in [-0.2, -0.15) is 0 Å². The maximum Gasteiger partial charge on any atom is 0.323 e. The van der Waals surface area contributed by atoms with Gasteiger partial charge in [-0.05, 0) is 20.8 Å². The standard InChI is InChI=1S/C10H19NO4/c1-7(12)14-6-5-8(11)9(13)15-10(2,3)4/h8H,5-6,11H2,1-4H3/t8-/m0/s1. The summed E-state index contributed by atoms with van der Waals surface area (Å²) in [7, 11) is 0. The van der Waals surface area contributed by atoms with Crippen molar-refractivity contribution in [1.29, 1.82) is 0 Å². The molecule has 0 rings (SSSR count). The van der Waals surface area contributed by atoms with Gasteiger partial charge < -0.3 is 15.2 Å². The number of ether oxygens (including phenoxy) is 2. The second-order valence-corrected chi connectivity index (χ2v) is 4.27. The predicted molar refractivity (Wildman–Crippen MR) is 55.1 cm³/mol. The number of esters is 2. The summed E-state index contributed by atoms with van der Waals surface area (Å²) in [4.78, 5) is 21.8. The summed E-state index contributed by atoms with van der Waals surface area (Å²) in [5, 5.41) is 0. The maximum absolute atomic E-state index is 11.3. The molecule has 15 heavy (non-hydrogen) atoms. The van der Waals surface area contributed by atoms with Crippen LogP contribution in [0.5, 0.6) is 0 Å². The van der Waals surface area contributed by atoms with Crippen molar-refractivity contribution in [2.45, 2.75) is 45.8 Å². The first-order valence-corrected chi connectivity index (χ1v) is 4.84. The molecule has 0 saturated heterocycles. The van der Waals surface area contributed by atoms with Gasteiger partial charge in [0.25, 0.3) is 0 Å². The van der Waals surface area contributed by atoms with E-state index in [0.717, 1.165) is 0 Å². The van der Waals surface area contributed by atoms with Gasteiger partial charge in [-0.3, -0.25) is 9.59 Å². The van der Waals surface area contributed by atoms with Crippen LogP contribution in [0.1, 0.15) is 34.1 Å². The van der Waals surface area contributed by atoms with Gasteiger partial charge in [0.15, 0.2) is 0 Å². The Morgan fingerprint density at radius 1 is 1.33 bits per heavy atom. The van der Waals surface area contributed by atoms with Crippen LogP contribution in [0.15, 0.2) is 0 Å². The molecule has 0 aromatic carbocycles. The van der Waals surface area contributed by atoms with E-state index in [4.69, 9.17) is 10.5 Å². The highest BCUT2D eigenvalue weighted by atomic mass is 16.6. The molecule has 88 valence electrons. The number of nitrogens with two attached hydrogens (primary N) is 1. The topological polar surface area (TPSA) is 78.6 Å². The minimum absolute atomic E-state index is 0.135. The molecule has 0 aliphatic heterocycles. The number of hydrogen-bond donors (Lipinski definition) is 1. The second-order valence-electron chi connectivity index (χ2n) is 4.27. The summed E-state index contributed by atoms with van der Waals surface area (Å²) in [6.07, 6.45) is 0.272. The fourth-order valence-electron chi connectivity index (χ4n) is 0.825. The van der Waals surface area contributed by atoms with Crippen molar-refractivity contribution in [3.8, 4) is 0 Å². The van der Waals surface area contributed by atoms with Gasteiger partial charge >= 0.3 is 11.9 Å². The minimum atomic E-state index is -0.747. The smallest absolute Gasteiger partial charge is 0.323 e. The lowest BCUT2D eigenvalue weighted by atomic mass is 10.2. The van der Waals surface area contributed by atoms with Crippen LogP contribution >= 0.6 is 0 Å². The normalized spacial score (nSPS) is 13.1. The summed E-state index contributed by atoms with van der Waals surface area (Å²) >= 11 is 0. The van der Waals surface area contributed by atoms with E-state index in [9.17, 15) is 9.59 Å². The van der Waals surface area contributed by atoms with Crippen LogP contribution in [0, 0.1) is 0 Å². The highest BCUT2D eigenvalue weighted by molar-refractivity contribution is 5.75. The average Bonchev–Trinajstić information content (AvgIpc) is 1.99. The number of carbonyl (C=O) groups is 2. The largest absolute Gasteiger partial charge is 0.466 e. The van der Waals surface area contributed by atoms with Crippen LogP contribution in [-0.4, -0.2) is 30.2 Å². The fraction of sp³-hybridized carbons (Fsp3) is 0.800. The van der Waals surface area contributed by atoms with Crippen LogP contribution in [-0.2, 0) is 19.1 Å². The monoisotopic (exact) mass is 217 g/mol. The van der Waals surface area contributed by atoms with E-state index in [0.29, 0.717) is 0 Å². The summed E-state index contributed by atoms with van der Waals surface area (Å²) in [5.74, 6) is -0.860. The Hall–Kier alpha value is -1.10. The molecule has 0 radical (unpaired) electrons. The Morgan fingerprint density at radius 3 is 2.27 bits per heavy atom. The molecule has 0 heterocycles. The van der Waals surface area contributed by atoms with Gasteiger partial charge in [0, 0.05) is 13.3 Å². The highest BCUT2D eigenvalue weighted by Crippen LogP contribution is 2.08. The Bertz CT molecular complexity index is 232. The lowest BCUT2D eigenvalue weighted by Crippen LogP contribution is -2.38. The van der Waals surface area contributed by atoms with Crippen LogP contribution in [0.2, 0.25) is 0 Å². The molecular weight excluding hydrogens is 198 g/mol. The molecule has 0 unspecified atom stereocenters. The molecular formula is C10H19NO4. The van der Waals surface area contributed by atoms with E-state index >= 15 is 0 Å².